The number of sulfone groups is 1. The molecule has 1 atom stereocenters. The Bertz CT molecular complexity index is 646. The van der Waals surface area contributed by atoms with Crippen molar-refractivity contribution < 1.29 is 13.2 Å². The van der Waals surface area contributed by atoms with Crippen molar-refractivity contribution in [2.45, 2.75) is 12.3 Å². The highest BCUT2D eigenvalue weighted by Gasteiger charge is 2.35. The molecule has 0 aliphatic carbocycles. The van der Waals surface area contributed by atoms with Gasteiger partial charge in [0, 0.05) is 24.3 Å². The number of nitrogen functional groups attached to an aromatic ring is 1. The van der Waals surface area contributed by atoms with E-state index in [1.807, 2.05) is 13.0 Å². The molecule has 1 aliphatic rings. The molecule has 1 aromatic carbocycles. The lowest BCUT2D eigenvalue weighted by Crippen LogP contribution is -2.50. The lowest BCUT2D eigenvalue weighted by Gasteiger charge is -2.34. The van der Waals surface area contributed by atoms with E-state index in [4.69, 9.17) is 5.84 Å². The third-order valence-electron chi connectivity index (χ3n) is 3.40. The number of amides is 1. The fraction of sp³-hybridized carbons (Fsp3) is 0.462. The van der Waals surface area contributed by atoms with Gasteiger partial charge in [0.1, 0.15) is 5.37 Å². The minimum absolute atomic E-state index is 0.303. The number of nitrogens with two attached hydrogens (primary N) is 1. The van der Waals surface area contributed by atoms with Crippen molar-refractivity contribution in [2.75, 3.05) is 29.7 Å². The van der Waals surface area contributed by atoms with Crippen LogP contribution in [0.4, 0.5) is 5.69 Å². The SMILES string of the molecule is Cc1ccc(NN)c(C(=O)N2CCSCC2S(C)(=O)=O)c1. The normalized spacial score (nSPS) is 19.4. The van der Waals surface area contributed by atoms with Gasteiger partial charge in [0.25, 0.3) is 5.91 Å². The molecule has 3 N–H and O–H groups in total. The van der Waals surface area contributed by atoms with Gasteiger partial charge < -0.3 is 10.3 Å². The molecule has 1 amide bonds. The van der Waals surface area contributed by atoms with Gasteiger partial charge in [0.2, 0.25) is 0 Å². The van der Waals surface area contributed by atoms with Gasteiger partial charge in [0.15, 0.2) is 9.84 Å². The van der Waals surface area contributed by atoms with E-state index in [0.717, 1.165) is 11.3 Å². The Morgan fingerprint density at radius 2 is 2.19 bits per heavy atom. The molecule has 1 fully saturated rings. The molecule has 21 heavy (non-hydrogen) atoms. The number of carbonyl (C=O) groups is 1. The summed E-state index contributed by atoms with van der Waals surface area (Å²) in [6.45, 7) is 2.29. The van der Waals surface area contributed by atoms with Gasteiger partial charge in [-0.15, -0.1) is 0 Å². The molecule has 0 radical (unpaired) electrons. The number of rotatable bonds is 3. The second-order valence-electron chi connectivity index (χ2n) is 5.05. The Hall–Kier alpha value is -1.25. The van der Waals surface area contributed by atoms with Gasteiger partial charge in [0.05, 0.1) is 11.3 Å². The number of hydrazine groups is 1. The van der Waals surface area contributed by atoms with Crippen molar-refractivity contribution in [3.63, 3.8) is 0 Å². The number of benzene rings is 1. The van der Waals surface area contributed by atoms with Gasteiger partial charge in [-0.25, -0.2) is 8.42 Å². The lowest BCUT2D eigenvalue weighted by molar-refractivity contribution is 0.0750. The maximum absolute atomic E-state index is 12.7. The summed E-state index contributed by atoms with van der Waals surface area (Å²) in [5.41, 5.74) is 4.31. The first-order valence-corrected chi connectivity index (χ1v) is 9.60. The largest absolute Gasteiger partial charge is 0.323 e. The number of anilines is 1. The van der Waals surface area contributed by atoms with Crippen molar-refractivity contribution >= 4 is 33.2 Å². The molecular weight excluding hydrogens is 310 g/mol. The number of nitrogens with one attached hydrogen (secondary N) is 1. The summed E-state index contributed by atoms with van der Waals surface area (Å²) in [5, 5.41) is -0.783. The van der Waals surface area contributed by atoms with Gasteiger partial charge >= 0.3 is 0 Å². The first-order valence-electron chi connectivity index (χ1n) is 6.49. The third kappa shape index (κ3) is 3.50. The van der Waals surface area contributed by atoms with E-state index >= 15 is 0 Å². The molecule has 0 aromatic heterocycles. The van der Waals surface area contributed by atoms with Crippen LogP contribution in [0.1, 0.15) is 15.9 Å². The molecule has 0 saturated carbocycles. The summed E-state index contributed by atoms with van der Waals surface area (Å²) in [4.78, 5) is 14.2. The van der Waals surface area contributed by atoms with Crippen LogP contribution in [0, 0.1) is 6.92 Å². The highest BCUT2D eigenvalue weighted by molar-refractivity contribution is 8.00. The molecule has 1 aromatic rings. The van der Waals surface area contributed by atoms with Crippen LogP contribution in [0.2, 0.25) is 0 Å². The van der Waals surface area contributed by atoms with Crippen molar-refractivity contribution in [3.05, 3.63) is 29.3 Å². The highest BCUT2D eigenvalue weighted by Crippen LogP contribution is 2.25. The zero-order chi connectivity index (χ0) is 15.6. The van der Waals surface area contributed by atoms with Gasteiger partial charge in [-0.1, -0.05) is 11.6 Å². The molecule has 8 heteroatoms. The van der Waals surface area contributed by atoms with E-state index in [0.29, 0.717) is 23.5 Å². The maximum atomic E-state index is 12.7. The number of carbonyl (C=O) groups excluding carboxylic acids is 1. The quantitative estimate of drug-likeness (QED) is 0.631. The molecule has 1 saturated heterocycles. The monoisotopic (exact) mass is 329 g/mol. The Balaban J connectivity index is 2.40. The van der Waals surface area contributed by atoms with Crippen molar-refractivity contribution in [2.24, 2.45) is 5.84 Å². The zero-order valence-corrected chi connectivity index (χ0v) is 13.6. The van der Waals surface area contributed by atoms with E-state index in [9.17, 15) is 13.2 Å². The molecule has 116 valence electrons. The average molecular weight is 329 g/mol. The van der Waals surface area contributed by atoms with Crippen LogP contribution in [-0.2, 0) is 9.84 Å². The predicted octanol–water partition coefficient (Wildman–Crippen LogP) is 0.840. The Morgan fingerprint density at radius 3 is 2.81 bits per heavy atom. The van der Waals surface area contributed by atoms with E-state index in [-0.39, 0.29) is 5.91 Å². The van der Waals surface area contributed by atoms with Crippen LogP contribution < -0.4 is 11.3 Å². The lowest BCUT2D eigenvalue weighted by atomic mass is 10.1. The Morgan fingerprint density at radius 1 is 1.48 bits per heavy atom. The Kier molecular flexibility index (Phi) is 4.80. The second-order valence-corrected chi connectivity index (χ2v) is 8.40. The van der Waals surface area contributed by atoms with Gasteiger partial charge in [-0.2, -0.15) is 11.8 Å². The summed E-state index contributed by atoms with van der Waals surface area (Å²) in [5.74, 6) is 6.28. The Labute approximate surface area is 129 Å². The molecule has 1 aliphatic heterocycles. The van der Waals surface area contributed by atoms with E-state index in [2.05, 4.69) is 5.43 Å². The smallest absolute Gasteiger partial charge is 0.257 e. The summed E-state index contributed by atoms with van der Waals surface area (Å²) in [7, 11) is -3.33. The van der Waals surface area contributed by atoms with Gasteiger partial charge in [-0.05, 0) is 19.1 Å². The minimum atomic E-state index is -3.33. The third-order valence-corrected chi connectivity index (χ3v) is 6.04. The summed E-state index contributed by atoms with van der Waals surface area (Å²) < 4.78 is 23.8. The van der Waals surface area contributed by atoms with Crippen LogP contribution in [0.5, 0.6) is 0 Å². The number of thioether (sulfide) groups is 1. The first-order chi connectivity index (χ1) is 9.84. The van der Waals surface area contributed by atoms with Crippen LogP contribution in [-0.4, -0.2) is 48.9 Å². The molecule has 0 spiro atoms. The molecule has 0 bridgehead atoms. The van der Waals surface area contributed by atoms with Crippen molar-refractivity contribution in [1.82, 2.24) is 4.90 Å². The topological polar surface area (TPSA) is 92.5 Å². The minimum Gasteiger partial charge on any atom is -0.323 e. The first kappa shape index (κ1) is 16.1. The molecule has 6 nitrogen and oxygen atoms in total. The van der Waals surface area contributed by atoms with Crippen LogP contribution in [0.3, 0.4) is 0 Å². The number of hydrogen-bond donors (Lipinski definition) is 2. The van der Waals surface area contributed by atoms with Gasteiger partial charge in [-0.3, -0.25) is 10.6 Å². The number of hydrogen-bond acceptors (Lipinski definition) is 6. The average Bonchev–Trinajstić information content (AvgIpc) is 2.45. The zero-order valence-electron chi connectivity index (χ0n) is 12.0. The molecule has 1 unspecified atom stereocenters. The van der Waals surface area contributed by atoms with E-state index < -0.39 is 15.2 Å². The summed E-state index contributed by atoms with van der Waals surface area (Å²) in [6, 6.07) is 5.28. The van der Waals surface area contributed by atoms with Crippen LogP contribution in [0.25, 0.3) is 0 Å². The fourth-order valence-corrected chi connectivity index (χ4v) is 5.10. The molecule has 2 rings (SSSR count). The predicted molar refractivity (Wildman–Crippen MR) is 86.0 cm³/mol. The number of aryl methyl sites for hydroxylation is 1. The second kappa shape index (κ2) is 6.25. The standard InChI is InChI=1S/C13H19N3O3S2/c1-9-3-4-11(15-14)10(7-9)13(17)16-5-6-20-8-12(16)21(2,18)19/h3-4,7,12,15H,5-6,8,14H2,1-2H3. The number of nitrogens with zero attached hydrogens (tertiary/aromatic N) is 1. The van der Waals surface area contributed by atoms with Crippen molar-refractivity contribution in [1.29, 1.82) is 0 Å². The summed E-state index contributed by atoms with van der Waals surface area (Å²) in [6.07, 6.45) is 1.17. The highest BCUT2D eigenvalue weighted by atomic mass is 32.2. The van der Waals surface area contributed by atoms with Crippen molar-refractivity contribution in [3.8, 4) is 0 Å². The molecule has 1 heterocycles. The van der Waals surface area contributed by atoms with E-state index in [1.54, 1.807) is 23.9 Å². The maximum Gasteiger partial charge on any atom is 0.257 e. The van der Waals surface area contributed by atoms with E-state index in [1.165, 1.54) is 11.2 Å². The van der Waals surface area contributed by atoms with Crippen LogP contribution in [0.15, 0.2) is 18.2 Å². The fourth-order valence-electron chi connectivity index (χ4n) is 2.28. The van der Waals surface area contributed by atoms with Crippen LogP contribution >= 0.6 is 11.8 Å². The molecular formula is C13H19N3O3S2. The summed E-state index contributed by atoms with van der Waals surface area (Å²) >= 11 is 1.55.